The maximum absolute atomic E-state index is 11.8. The van der Waals surface area contributed by atoms with Crippen molar-refractivity contribution in [3.63, 3.8) is 0 Å². The number of carbonyl (C=O) groups is 1. The molecule has 110 valence electrons. The van der Waals surface area contributed by atoms with Crippen LogP contribution in [0.1, 0.15) is 5.56 Å². The van der Waals surface area contributed by atoms with Gasteiger partial charge in [0.1, 0.15) is 5.75 Å². The molecule has 0 heterocycles. The topological polar surface area (TPSA) is 38.3 Å². The molecule has 0 saturated heterocycles. The highest BCUT2D eigenvalue weighted by molar-refractivity contribution is 9.10. The molecule has 0 bridgehead atoms. The third-order valence-corrected chi connectivity index (χ3v) is 4.82. The fourth-order valence-corrected chi connectivity index (χ4v) is 2.30. The lowest BCUT2D eigenvalue weighted by Crippen LogP contribution is -2.20. The Morgan fingerprint density at radius 1 is 1.19 bits per heavy atom. The van der Waals surface area contributed by atoms with Crippen molar-refractivity contribution >= 4 is 55.1 Å². The van der Waals surface area contributed by atoms with Crippen molar-refractivity contribution in [3.05, 3.63) is 55.9 Å². The van der Waals surface area contributed by atoms with Crippen LogP contribution >= 0.6 is 43.5 Å². The van der Waals surface area contributed by atoms with Crippen LogP contribution in [0.15, 0.2) is 45.3 Å². The van der Waals surface area contributed by atoms with Crippen LogP contribution in [0.25, 0.3) is 0 Å². The molecule has 2 rings (SSSR count). The molecule has 0 saturated carbocycles. The Hall–Kier alpha value is -1.04. The molecule has 0 aliphatic carbocycles. The highest BCUT2D eigenvalue weighted by atomic mass is 79.9. The van der Waals surface area contributed by atoms with Crippen molar-refractivity contribution in [3.8, 4) is 5.75 Å². The van der Waals surface area contributed by atoms with E-state index < -0.39 is 0 Å². The van der Waals surface area contributed by atoms with E-state index >= 15 is 0 Å². The Balaban J connectivity index is 1.92. The third kappa shape index (κ3) is 4.73. The van der Waals surface area contributed by atoms with Gasteiger partial charge in [-0.2, -0.15) is 0 Å². The largest absolute Gasteiger partial charge is 0.484 e. The molecule has 6 heteroatoms. The molecule has 3 nitrogen and oxygen atoms in total. The van der Waals surface area contributed by atoms with E-state index in [1.807, 2.05) is 19.1 Å². The molecule has 0 unspecified atom stereocenters. The smallest absolute Gasteiger partial charge is 0.262 e. The van der Waals surface area contributed by atoms with Gasteiger partial charge >= 0.3 is 0 Å². The first-order chi connectivity index (χ1) is 9.95. The van der Waals surface area contributed by atoms with E-state index in [1.165, 1.54) is 0 Å². The van der Waals surface area contributed by atoms with Crippen LogP contribution in [0.3, 0.4) is 0 Å². The van der Waals surface area contributed by atoms with Crippen molar-refractivity contribution in [2.24, 2.45) is 0 Å². The first-order valence-corrected chi connectivity index (χ1v) is 8.06. The SMILES string of the molecule is Cc1cc(OCC(=O)Nc2ccc(Br)c(Cl)c2)ccc1Br. The quantitative estimate of drug-likeness (QED) is 0.721. The van der Waals surface area contributed by atoms with Gasteiger partial charge in [-0.05, 0) is 64.8 Å². The van der Waals surface area contributed by atoms with E-state index in [0.29, 0.717) is 16.5 Å². The Bertz CT molecular complexity index is 677. The van der Waals surface area contributed by atoms with Gasteiger partial charge in [0.25, 0.3) is 5.91 Å². The minimum atomic E-state index is -0.242. The fourth-order valence-electron chi connectivity index (χ4n) is 1.63. The zero-order chi connectivity index (χ0) is 15.4. The summed E-state index contributed by atoms with van der Waals surface area (Å²) in [4.78, 5) is 11.8. The van der Waals surface area contributed by atoms with Gasteiger partial charge in [-0.15, -0.1) is 0 Å². The average Bonchev–Trinajstić information content (AvgIpc) is 2.44. The number of hydrogen-bond acceptors (Lipinski definition) is 2. The van der Waals surface area contributed by atoms with Gasteiger partial charge in [0, 0.05) is 14.6 Å². The predicted molar refractivity (Wildman–Crippen MR) is 92.2 cm³/mol. The molecule has 0 aliphatic rings. The first kappa shape index (κ1) is 16.3. The number of carbonyl (C=O) groups excluding carboxylic acids is 1. The maximum atomic E-state index is 11.8. The second-order valence-corrected chi connectivity index (χ2v) is 6.49. The molecule has 21 heavy (non-hydrogen) atoms. The number of nitrogens with one attached hydrogen (secondary N) is 1. The normalized spacial score (nSPS) is 10.3. The van der Waals surface area contributed by atoms with Gasteiger partial charge in [-0.1, -0.05) is 27.5 Å². The average molecular weight is 434 g/mol. The van der Waals surface area contributed by atoms with Crippen LogP contribution in [0.2, 0.25) is 5.02 Å². The Kier molecular flexibility index (Phi) is 5.67. The van der Waals surface area contributed by atoms with Gasteiger partial charge in [0.2, 0.25) is 0 Å². The third-order valence-electron chi connectivity index (χ3n) is 2.70. The number of halogens is 3. The van der Waals surface area contributed by atoms with E-state index in [9.17, 15) is 4.79 Å². The Morgan fingerprint density at radius 2 is 1.90 bits per heavy atom. The van der Waals surface area contributed by atoms with Gasteiger partial charge in [0.15, 0.2) is 6.61 Å². The van der Waals surface area contributed by atoms with Crippen LogP contribution in [0.4, 0.5) is 5.69 Å². The minimum absolute atomic E-state index is 0.0608. The summed E-state index contributed by atoms with van der Waals surface area (Å²) in [5.41, 5.74) is 1.68. The summed E-state index contributed by atoms with van der Waals surface area (Å²) in [5.74, 6) is 0.411. The van der Waals surface area contributed by atoms with Crippen molar-refractivity contribution in [2.45, 2.75) is 6.92 Å². The summed E-state index contributed by atoms with van der Waals surface area (Å²) >= 11 is 12.7. The molecule has 1 amide bonds. The Morgan fingerprint density at radius 3 is 2.57 bits per heavy atom. The fraction of sp³-hybridized carbons (Fsp3) is 0.133. The minimum Gasteiger partial charge on any atom is -0.484 e. The molecule has 0 radical (unpaired) electrons. The van der Waals surface area contributed by atoms with Crippen molar-refractivity contribution < 1.29 is 9.53 Å². The van der Waals surface area contributed by atoms with Crippen LogP contribution < -0.4 is 10.1 Å². The standard InChI is InChI=1S/C15H12Br2ClNO2/c1-9-6-11(3-5-12(9)16)21-8-15(20)19-10-2-4-13(17)14(18)7-10/h2-7H,8H2,1H3,(H,19,20). The van der Waals surface area contributed by atoms with Crippen LogP contribution in [0.5, 0.6) is 5.75 Å². The van der Waals surface area contributed by atoms with Gasteiger partial charge in [-0.25, -0.2) is 0 Å². The van der Waals surface area contributed by atoms with Gasteiger partial charge < -0.3 is 10.1 Å². The molecule has 0 atom stereocenters. The summed E-state index contributed by atoms with van der Waals surface area (Å²) in [5, 5.41) is 3.27. The highest BCUT2D eigenvalue weighted by Crippen LogP contribution is 2.25. The summed E-state index contributed by atoms with van der Waals surface area (Å²) < 4.78 is 7.24. The molecule has 2 aromatic rings. The lowest BCUT2D eigenvalue weighted by molar-refractivity contribution is -0.118. The monoisotopic (exact) mass is 431 g/mol. The number of amides is 1. The summed E-state index contributed by atoms with van der Waals surface area (Å²) in [6.45, 7) is 1.90. The number of aryl methyl sites for hydroxylation is 1. The number of ether oxygens (including phenoxy) is 1. The number of hydrogen-bond donors (Lipinski definition) is 1. The lowest BCUT2D eigenvalue weighted by atomic mass is 10.2. The van der Waals surface area contributed by atoms with E-state index in [2.05, 4.69) is 37.2 Å². The first-order valence-electron chi connectivity index (χ1n) is 6.09. The molecule has 0 fully saturated rings. The molecular formula is C15H12Br2ClNO2. The zero-order valence-electron chi connectivity index (χ0n) is 11.1. The van der Waals surface area contributed by atoms with Crippen LogP contribution in [-0.2, 0) is 4.79 Å². The van der Waals surface area contributed by atoms with E-state index in [1.54, 1.807) is 24.3 Å². The van der Waals surface area contributed by atoms with Gasteiger partial charge in [0.05, 0.1) is 5.02 Å². The molecule has 1 N–H and O–H groups in total. The van der Waals surface area contributed by atoms with Crippen molar-refractivity contribution in [2.75, 3.05) is 11.9 Å². The zero-order valence-corrected chi connectivity index (χ0v) is 15.0. The van der Waals surface area contributed by atoms with E-state index in [-0.39, 0.29) is 12.5 Å². The van der Waals surface area contributed by atoms with E-state index in [0.717, 1.165) is 14.5 Å². The molecule has 2 aromatic carbocycles. The second kappa shape index (κ2) is 7.29. The number of rotatable bonds is 4. The number of benzene rings is 2. The molecule has 0 aromatic heterocycles. The summed E-state index contributed by atoms with van der Waals surface area (Å²) in [6.07, 6.45) is 0. The van der Waals surface area contributed by atoms with Gasteiger partial charge in [-0.3, -0.25) is 4.79 Å². The van der Waals surface area contributed by atoms with Crippen LogP contribution in [0, 0.1) is 6.92 Å². The molecule has 0 spiro atoms. The predicted octanol–water partition coefficient (Wildman–Crippen LogP) is 5.19. The Labute approximate surface area is 144 Å². The molecular weight excluding hydrogens is 421 g/mol. The van der Waals surface area contributed by atoms with E-state index in [4.69, 9.17) is 16.3 Å². The van der Waals surface area contributed by atoms with Crippen molar-refractivity contribution in [1.82, 2.24) is 0 Å². The number of anilines is 1. The molecule has 0 aliphatic heterocycles. The second-order valence-electron chi connectivity index (χ2n) is 4.38. The van der Waals surface area contributed by atoms with Crippen LogP contribution in [-0.4, -0.2) is 12.5 Å². The summed E-state index contributed by atoms with van der Waals surface area (Å²) in [7, 11) is 0. The lowest BCUT2D eigenvalue weighted by Gasteiger charge is -2.09. The highest BCUT2D eigenvalue weighted by Gasteiger charge is 2.06. The summed E-state index contributed by atoms with van der Waals surface area (Å²) in [6, 6.07) is 10.8. The van der Waals surface area contributed by atoms with Crippen molar-refractivity contribution in [1.29, 1.82) is 0 Å². The maximum Gasteiger partial charge on any atom is 0.262 e.